The zero-order chi connectivity index (χ0) is 14.6. The monoisotopic (exact) mass is 289 g/mol. The molecule has 1 aliphatic carbocycles. The molecule has 0 radical (unpaired) electrons. The van der Waals surface area contributed by atoms with Crippen LogP contribution in [0.1, 0.15) is 32.1 Å². The molecule has 3 nitrogen and oxygen atoms in total. The van der Waals surface area contributed by atoms with Gasteiger partial charge in [-0.1, -0.05) is 0 Å². The summed E-state index contributed by atoms with van der Waals surface area (Å²) in [6.07, 6.45) is 0.906. The van der Waals surface area contributed by atoms with E-state index in [0.29, 0.717) is 31.5 Å². The second-order valence-electron chi connectivity index (χ2n) is 5.96. The largest absolute Gasteiger partial charge is 0.401 e. The number of halogens is 3. The highest BCUT2D eigenvalue weighted by molar-refractivity contribution is 4.86. The maximum absolute atomic E-state index is 12.3. The number of alkyl halides is 3. The summed E-state index contributed by atoms with van der Waals surface area (Å²) in [5, 5.41) is 8.70. The highest BCUT2D eigenvalue weighted by Gasteiger charge is 2.34. The average molecular weight is 289 g/mol. The molecule has 1 aliphatic heterocycles. The molecule has 20 heavy (non-hydrogen) atoms. The minimum absolute atomic E-state index is 0.512. The lowest BCUT2D eigenvalue weighted by Gasteiger charge is -2.41. The van der Waals surface area contributed by atoms with E-state index in [1.165, 1.54) is 4.90 Å². The first kappa shape index (κ1) is 15.6. The smallest absolute Gasteiger partial charge is 0.298 e. The van der Waals surface area contributed by atoms with Crippen LogP contribution < -0.4 is 0 Å². The van der Waals surface area contributed by atoms with Crippen molar-refractivity contribution in [1.29, 1.82) is 5.26 Å². The quantitative estimate of drug-likeness (QED) is 0.800. The molecule has 2 fully saturated rings. The fourth-order valence-electron chi connectivity index (χ4n) is 3.38. The van der Waals surface area contributed by atoms with Gasteiger partial charge < -0.3 is 0 Å². The molecule has 1 saturated carbocycles. The molecule has 114 valence electrons. The topological polar surface area (TPSA) is 30.3 Å². The van der Waals surface area contributed by atoms with Crippen molar-refractivity contribution in [2.45, 2.75) is 44.3 Å². The highest BCUT2D eigenvalue weighted by atomic mass is 19.4. The molecular weight excluding hydrogens is 267 g/mol. The van der Waals surface area contributed by atoms with Crippen molar-refractivity contribution >= 4 is 0 Å². The number of nitrogens with zero attached hydrogens (tertiary/aromatic N) is 3. The zero-order valence-corrected chi connectivity index (χ0v) is 11.7. The highest BCUT2D eigenvalue weighted by Crippen LogP contribution is 2.30. The third-order valence-electron chi connectivity index (χ3n) is 4.52. The normalized spacial score (nSPS) is 30.1. The van der Waals surface area contributed by atoms with Crippen LogP contribution in [0.25, 0.3) is 0 Å². The third-order valence-corrected chi connectivity index (χ3v) is 4.52. The van der Waals surface area contributed by atoms with Crippen molar-refractivity contribution in [3.63, 3.8) is 0 Å². The molecule has 0 aromatic rings. The summed E-state index contributed by atoms with van der Waals surface area (Å²) in [5.74, 6) is 0.530. The fourth-order valence-corrected chi connectivity index (χ4v) is 3.38. The van der Waals surface area contributed by atoms with E-state index < -0.39 is 12.7 Å². The van der Waals surface area contributed by atoms with Gasteiger partial charge in [0.15, 0.2) is 0 Å². The first-order valence-corrected chi connectivity index (χ1v) is 7.38. The number of piperazine rings is 1. The molecule has 0 N–H and O–H groups in total. The van der Waals surface area contributed by atoms with Crippen LogP contribution in [0, 0.1) is 17.2 Å². The van der Waals surface area contributed by atoms with E-state index in [1.54, 1.807) is 0 Å². The van der Waals surface area contributed by atoms with Gasteiger partial charge in [-0.2, -0.15) is 18.4 Å². The lowest BCUT2D eigenvalue weighted by Crippen LogP contribution is -2.52. The van der Waals surface area contributed by atoms with Gasteiger partial charge in [0.1, 0.15) is 0 Å². The fraction of sp³-hybridized carbons (Fsp3) is 0.929. The molecule has 0 aromatic carbocycles. The van der Waals surface area contributed by atoms with E-state index in [-0.39, 0.29) is 0 Å². The molecule has 0 amide bonds. The van der Waals surface area contributed by atoms with E-state index in [0.717, 1.165) is 38.8 Å². The molecule has 2 aliphatic rings. The molecule has 0 aromatic heterocycles. The Hall–Kier alpha value is -0.800. The molecule has 0 unspecified atom stereocenters. The summed E-state index contributed by atoms with van der Waals surface area (Å²) in [4.78, 5) is 3.84. The molecular formula is C14H22F3N3. The third kappa shape index (κ3) is 4.64. The molecule has 0 spiro atoms. The van der Waals surface area contributed by atoms with Gasteiger partial charge in [-0.05, 0) is 31.6 Å². The molecule has 2 rings (SSSR count). The number of hydrogen-bond donors (Lipinski definition) is 0. The Kier molecular flexibility index (Phi) is 5.28. The Morgan fingerprint density at radius 1 is 1.00 bits per heavy atom. The summed E-state index contributed by atoms with van der Waals surface area (Å²) in [5.41, 5.74) is 0. The van der Waals surface area contributed by atoms with Crippen LogP contribution in [0.3, 0.4) is 0 Å². The van der Waals surface area contributed by atoms with Crippen LogP contribution in [-0.2, 0) is 0 Å². The van der Waals surface area contributed by atoms with Crippen LogP contribution in [0.5, 0.6) is 0 Å². The van der Waals surface area contributed by atoms with Gasteiger partial charge in [-0.15, -0.1) is 0 Å². The van der Waals surface area contributed by atoms with Gasteiger partial charge in [-0.25, -0.2) is 0 Å². The summed E-state index contributed by atoms with van der Waals surface area (Å²) >= 11 is 0. The predicted octanol–water partition coefficient (Wildman–Crippen LogP) is 2.64. The molecule has 1 saturated heterocycles. The average Bonchev–Trinajstić information content (AvgIpc) is 2.39. The van der Waals surface area contributed by atoms with Crippen LogP contribution >= 0.6 is 0 Å². The van der Waals surface area contributed by atoms with Gasteiger partial charge in [-0.3, -0.25) is 9.80 Å². The zero-order valence-electron chi connectivity index (χ0n) is 11.7. The Bertz CT molecular complexity index is 335. The number of nitriles is 1. The molecule has 0 bridgehead atoms. The maximum atomic E-state index is 12.3. The van der Waals surface area contributed by atoms with Crippen LogP contribution in [0.15, 0.2) is 0 Å². The minimum Gasteiger partial charge on any atom is -0.298 e. The second kappa shape index (κ2) is 6.77. The minimum atomic E-state index is -4.09. The van der Waals surface area contributed by atoms with Crippen molar-refractivity contribution in [3.05, 3.63) is 0 Å². The van der Waals surface area contributed by atoms with Gasteiger partial charge >= 0.3 is 6.18 Å². The lowest BCUT2D eigenvalue weighted by atomic mass is 9.83. The first-order valence-electron chi connectivity index (χ1n) is 7.38. The molecule has 1 heterocycles. The van der Waals surface area contributed by atoms with Gasteiger partial charge in [0, 0.05) is 38.6 Å². The predicted molar refractivity (Wildman–Crippen MR) is 70.0 cm³/mol. The Balaban J connectivity index is 1.71. The summed E-state index contributed by atoms with van der Waals surface area (Å²) in [7, 11) is 0. The Labute approximate surface area is 118 Å². The van der Waals surface area contributed by atoms with Gasteiger partial charge in [0.05, 0.1) is 12.6 Å². The molecule has 6 heteroatoms. The Morgan fingerprint density at radius 2 is 1.60 bits per heavy atom. The van der Waals surface area contributed by atoms with Gasteiger partial charge in [0.25, 0.3) is 0 Å². The van der Waals surface area contributed by atoms with E-state index in [2.05, 4.69) is 11.0 Å². The Morgan fingerprint density at radius 3 is 2.10 bits per heavy atom. The maximum Gasteiger partial charge on any atom is 0.401 e. The van der Waals surface area contributed by atoms with Crippen LogP contribution in [0.2, 0.25) is 0 Å². The summed E-state index contributed by atoms with van der Waals surface area (Å²) < 4.78 is 37.0. The number of rotatable bonds is 3. The second-order valence-corrected chi connectivity index (χ2v) is 5.96. The van der Waals surface area contributed by atoms with Crippen molar-refractivity contribution < 1.29 is 13.2 Å². The molecule has 0 atom stereocenters. The van der Waals surface area contributed by atoms with E-state index >= 15 is 0 Å². The van der Waals surface area contributed by atoms with Crippen molar-refractivity contribution in [1.82, 2.24) is 9.80 Å². The van der Waals surface area contributed by atoms with Crippen molar-refractivity contribution in [2.75, 3.05) is 32.7 Å². The van der Waals surface area contributed by atoms with E-state index in [1.807, 2.05) is 0 Å². The lowest BCUT2D eigenvalue weighted by molar-refractivity contribution is -0.150. The van der Waals surface area contributed by atoms with E-state index in [4.69, 9.17) is 5.26 Å². The van der Waals surface area contributed by atoms with Crippen LogP contribution in [0.4, 0.5) is 13.2 Å². The summed E-state index contributed by atoms with van der Waals surface area (Å²) in [6, 6.07) is 2.74. The van der Waals surface area contributed by atoms with Crippen LogP contribution in [-0.4, -0.2) is 54.7 Å². The number of hydrogen-bond acceptors (Lipinski definition) is 3. The SMILES string of the molecule is N#CC[C@H]1CC[C@@H](N2CCN(CC(F)(F)F)CC2)CC1. The summed E-state index contributed by atoms with van der Waals surface area (Å²) in [6.45, 7) is 1.72. The van der Waals surface area contributed by atoms with E-state index in [9.17, 15) is 13.2 Å². The standard InChI is InChI=1S/C14H22F3N3/c15-14(16,17)11-19-7-9-20(10-8-19)13-3-1-12(2-4-13)5-6-18/h12-13H,1-5,7-11H2/t12-,13+. The van der Waals surface area contributed by atoms with Crippen molar-refractivity contribution in [2.24, 2.45) is 5.92 Å². The van der Waals surface area contributed by atoms with Crippen molar-refractivity contribution in [3.8, 4) is 6.07 Å². The van der Waals surface area contributed by atoms with Gasteiger partial charge in [0.2, 0.25) is 0 Å². The first-order chi connectivity index (χ1) is 9.48.